The van der Waals surface area contributed by atoms with Crippen LogP contribution in [0.1, 0.15) is 36.3 Å². The predicted octanol–water partition coefficient (Wildman–Crippen LogP) is 1.26. The van der Waals surface area contributed by atoms with E-state index in [2.05, 4.69) is 10.3 Å². The van der Waals surface area contributed by atoms with Crippen molar-refractivity contribution in [2.45, 2.75) is 24.7 Å². The van der Waals surface area contributed by atoms with Gasteiger partial charge in [0.2, 0.25) is 0 Å². The first kappa shape index (κ1) is 9.36. The molecule has 3 rings (SSSR count). The molecule has 4 heteroatoms. The van der Waals surface area contributed by atoms with Crippen molar-refractivity contribution in [3.05, 3.63) is 17.8 Å². The molecule has 2 saturated heterocycles. The van der Waals surface area contributed by atoms with Gasteiger partial charge in [-0.2, -0.15) is 0 Å². The van der Waals surface area contributed by atoms with Gasteiger partial charge in [0.05, 0.1) is 12.8 Å². The zero-order valence-corrected chi connectivity index (χ0v) is 8.74. The third kappa shape index (κ3) is 1.79. The number of ether oxygens (including phenoxy) is 1. The SMILES string of the molecule is c1nc(C2CCNC2)oc1C1CCOC1. The van der Waals surface area contributed by atoms with Gasteiger partial charge in [-0.05, 0) is 19.4 Å². The fourth-order valence-electron chi connectivity index (χ4n) is 2.30. The summed E-state index contributed by atoms with van der Waals surface area (Å²) in [6, 6.07) is 0. The van der Waals surface area contributed by atoms with Crippen LogP contribution in [-0.4, -0.2) is 31.3 Å². The predicted molar refractivity (Wildman–Crippen MR) is 54.9 cm³/mol. The molecule has 0 aliphatic carbocycles. The lowest BCUT2D eigenvalue weighted by Gasteiger charge is -2.03. The van der Waals surface area contributed by atoms with E-state index < -0.39 is 0 Å². The average molecular weight is 208 g/mol. The summed E-state index contributed by atoms with van der Waals surface area (Å²) in [6.07, 6.45) is 4.09. The second-order valence-corrected chi connectivity index (χ2v) is 4.35. The molecular formula is C11H16N2O2. The Morgan fingerprint density at radius 3 is 3.07 bits per heavy atom. The Hall–Kier alpha value is -0.870. The summed E-state index contributed by atoms with van der Waals surface area (Å²) in [5, 5.41) is 3.32. The summed E-state index contributed by atoms with van der Waals surface area (Å²) in [6.45, 7) is 3.72. The number of oxazole rings is 1. The van der Waals surface area contributed by atoms with Gasteiger partial charge < -0.3 is 14.5 Å². The molecule has 2 fully saturated rings. The van der Waals surface area contributed by atoms with E-state index >= 15 is 0 Å². The van der Waals surface area contributed by atoms with Crippen molar-refractivity contribution in [3.8, 4) is 0 Å². The zero-order valence-electron chi connectivity index (χ0n) is 8.74. The molecule has 2 unspecified atom stereocenters. The van der Waals surface area contributed by atoms with Crippen LogP contribution in [-0.2, 0) is 4.74 Å². The molecule has 15 heavy (non-hydrogen) atoms. The minimum Gasteiger partial charge on any atom is -0.445 e. The second kappa shape index (κ2) is 3.94. The van der Waals surface area contributed by atoms with E-state index in [0.717, 1.165) is 50.8 Å². The van der Waals surface area contributed by atoms with Crippen LogP contribution in [0.15, 0.2) is 10.6 Å². The molecule has 2 aliphatic heterocycles. The molecule has 3 heterocycles. The van der Waals surface area contributed by atoms with Crippen molar-refractivity contribution in [2.24, 2.45) is 0 Å². The number of aromatic nitrogens is 1. The van der Waals surface area contributed by atoms with Crippen molar-refractivity contribution in [1.29, 1.82) is 0 Å². The van der Waals surface area contributed by atoms with E-state index in [1.54, 1.807) is 0 Å². The standard InChI is InChI=1S/C11H16N2O2/c1-3-12-5-8(1)11-13-6-10(15-11)9-2-4-14-7-9/h6,8-9,12H,1-5,7H2. The van der Waals surface area contributed by atoms with Crippen LogP contribution in [0.4, 0.5) is 0 Å². The maximum absolute atomic E-state index is 5.82. The topological polar surface area (TPSA) is 47.3 Å². The van der Waals surface area contributed by atoms with Gasteiger partial charge in [-0.15, -0.1) is 0 Å². The highest BCUT2D eigenvalue weighted by molar-refractivity contribution is 5.07. The first-order valence-electron chi connectivity index (χ1n) is 5.67. The van der Waals surface area contributed by atoms with Crippen molar-refractivity contribution in [2.75, 3.05) is 26.3 Å². The molecule has 0 bridgehead atoms. The maximum Gasteiger partial charge on any atom is 0.198 e. The summed E-state index contributed by atoms with van der Waals surface area (Å²) < 4.78 is 11.2. The summed E-state index contributed by atoms with van der Waals surface area (Å²) in [4.78, 5) is 4.38. The number of hydrogen-bond donors (Lipinski definition) is 1. The van der Waals surface area contributed by atoms with Crippen molar-refractivity contribution < 1.29 is 9.15 Å². The Bertz CT molecular complexity index is 295. The highest BCUT2D eigenvalue weighted by Crippen LogP contribution is 2.29. The maximum atomic E-state index is 5.82. The van der Waals surface area contributed by atoms with E-state index in [0.29, 0.717) is 11.8 Å². The molecule has 4 nitrogen and oxygen atoms in total. The van der Waals surface area contributed by atoms with Crippen LogP contribution in [0.5, 0.6) is 0 Å². The molecule has 0 spiro atoms. The van der Waals surface area contributed by atoms with Crippen LogP contribution in [0, 0.1) is 0 Å². The molecule has 82 valence electrons. The number of rotatable bonds is 2. The van der Waals surface area contributed by atoms with Gasteiger partial charge in [0, 0.05) is 25.0 Å². The molecule has 1 N–H and O–H groups in total. The number of nitrogens with zero attached hydrogens (tertiary/aromatic N) is 1. The second-order valence-electron chi connectivity index (χ2n) is 4.35. The molecule has 1 aromatic rings. The van der Waals surface area contributed by atoms with E-state index in [1.807, 2.05) is 6.20 Å². The van der Waals surface area contributed by atoms with Crippen molar-refractivity contribution >= 4 is 0 Å². The minimum absolute atomic E-state index is 0.431. The lowest BCUT2D eigenvalue weighted by molar-refractivity contribution is 0.191. The fourth-order valence-corrected chi connectivity index (χ4v) is 2.30. The first-order valence-corrected chi connectivity index (χ1v) is 5.67. The molecular weight excluding hydrogens is 192 g/mol. The van der Waals surface area contributed by atoms with Crippen LogP contribution in [0.3, 0.4) is 0 Å². The number of hydrogen-bond acceptors (Lipinski definition) is 4. The zero-order chi connectivity index (χ0) is 10.1. The van der Waals surface area contributed by atoms with Crippen molar-refractivity contribution in [1.82, 2.24) is 10.3 Å². The van der Waals surface area contributed by atoms with Gasteiger partial charge in [0.1, 0.15) is 5.76 Å². The van der Waals surface area contributed by atoms with Gasteiger partial charge in [-0.1, -0.05) is 0 Å². The Morgan fingerprint density at radius 2 is 2.33 bits per heavy atom. The van der Waals surface area contributed by atoms with E-state index in [-0.39, 0.29) is 0 Å². The largest absolute Gasteiger partial charge is 0.445 e. The quantitative estimate of drug-likeness (QED) is 0.794. The van der Waals surface area contributed by atoms with E-state index in [1.165, 1.54) is 0 Å². The molecule has 0 radical (unpaired) electrons. The lowest BCUT2D eigenvalue weighted by atomic mass is 10.1. The minimum atomic E-state index is 0.431. The first-order chi connectivity index (χ1) is 7.43. The third-order valence-electron chi connectivity index (χ3n) is 3.28. The average Bonchev–Trinajstić information content (AvgIpc) is 3.02. The van der Waals surface area contributed by atoms with E-state index in [9.17, 15) is 0 Å². The van der Waals surface area contributed by atoms with Crippen LogP contribution >= 0.6 is 0 Å². The molecule has 1 aromatic heterocycles. The van der Waals surface area contributed by atoms with Crippen LogP contribution < -0.4 is 5.32 Å². The summed E-state index contributed by atoms with van der Waals surface area (Å²) in [5.74, 6) is 2.82. The molecule has 0 aromatic carbocycles. The Labute approximate surface area is 89.0 Å². The third-order valence-corrected chi connectivity index (χ3v) is 3.28. The summed E-state index contributed by atoms with van der Waals surface area (Å²) >= 11 is 0. The molecule has 0 saturated carbocycles. The molecule has 0 amide bonds. The van der Waals surface area contributed by atoms with Crippen LogP contribution in [0.25, 0.3) is 0 Å². The normalized spacial score (nSPS) is 31.2. The highest BCUT2D eigenvalue weighted by atomic mass is 16.5. The summed E-state index contributed by atoms with van der Waals surface area (Å²) in [7, 11) is 0. The smallest absolute Gasteiger partial charge is 0.198 e. The Morgan fingerprint density at radius 1 is 1.33 bits per heavy atom. The highest BCUT2D eigenvalue weighted by Gasteiger charge is 2.25. The number of nitrogens with one attached hydrogen (secondary N) is 1. The monoisotopic (exact) mass is 208 g/mol. The van der Waals surface area contributed by atoms with Crippen molar-refractivity contribution in [3.63, 3.8) is 0 Å². The Kier molecular flexibility index (Phi) is 2.46. The lowest BCUT2D eigenvalue weighted by Crippen LogP contribution is -2.08. The summed E-state index contributed by atoms with van der Waals surface area (Å²) in [5.41, 5.74) is 0. The molecule has 2 atom stereocenters. The fraction of sp³-hybridized carbons (Fsp3) is 0.727. The van der Waals surface area contributed by atoms with E-state index in [4.69, 9.17) is 9.15 Å². The van der Waals surface area contributed by atoms with Crippen LogP contribution in [0.2, 0.25) is 0 Å². The molecule has 2 aliphatic rings. The van der Waals surface area contributed by atoms with Gasteiger partial charge in [-0.3, -0.25) is 0 Å². The van der Waals surface area contributed by atoms with Gasteiger partial charge in [0.25, 0.3) is 0 Å². The Balaban J connectivity index is 1.74. The van der Waals surface area contributed by atoms with Gasteiger partial charge in [0.15, 0.2) is 5.89 Å². The van der Waals surface area contributed by atoms with Gasteiger partial charge in [-0.25, -0.2) is 4.98 Å². The van der Waals surface area contributed by atoms with Gasteiger partial charge >= 0.3 is 0 Å².